The molecule has 1 saturated heterocycles. The molecule has 33 heavy (non-hydrogen) atoms. The lowest BCUT2D eigenvalue weighted by atomic mass is 9.97. The highest BCUT2D eigenvalue weighted by molar-refractivity contribution is 5.84. The predicted molar refractivity (Wildman–Crippen MR) is 129 cm³/mol. The number of fused-ring (bicyclic) bond motifs is 4. The summed E-state index contributed by atoms with van der Waals surface area (Å²) in [5.41, 5.74) is 3.41. The third-order valence-electron chi connectivity index (χ3n) is 6.78. The first kappa shape index (κ1) is 20.2. The summed E-state index contributed by atoms with van der Waals surface area (Å²) in [6.45, 7) is 4.59. The van der Waals surface area contributed by atoms with Crippen LogP contribution in [0.25, 0.3) is 27.9 Å². The number of rotatable bonds is 4. The van der Waals surface area contributed by atoms with E-state index in [1.165, 1.54) is 12.8 Å². The Morgan fingerprint density at radius 1 is 1.09 bits per heavy atom. The molecule has 1 fully saturated rings. The lowest BCUT2D eigenvalue weighted by Crippen LogP contribution is -2.34. The topological polar surface area (TPSA) is 83.7 Å². The van der Waals surface area contributed by atoms with E-state index in [-0.39, 0.29) is 0 Å². The Kier molecular flexibility index (Phi) is 4.98. The molecule has 0 aliphatic carbocycles. The molecule has 0 atom stereocenters. The smallest absolute Gasteiger partial charge is 0.222 e. The highest BCUT2D eigenvalue weighted by Crippen LogP contribution is 2.40. The van der Waals surface area contributed by atoms with Crippen LogP contribution in [-0.4, -0.2) is 76.6 Å². The molecule has 1 aromatic carbocycles. The minimum atomic E-state index is 0.608. The first-order valence-corrected chi connectivity index (χ1v) is 11.6. The first-order chi connectivity index (χ1) is 16.2. The molecule has 3 aromatic heterocycles. The summed E-state index contributed by atoms with van der Waals surface area (Å²) in [6.07, 6.45) is 4.22. The number of hydrogen-bond donors (Lipinski definition) is 1. The van der Waals surface area contributed by atoms with Gasteiger partial charge in [0.15, 0.2) is 17.4 Å². The number of nitrogens with one attached hydrogen (secondary N) is 1. The molecule has 6 rings (SSSR count). The Labute approximate surface area is 192 Å². The summed E-state index contributed by atoms with van der Waals surface area (Å²) in [6, 6.07) is 10.1. The second-order valence-corrected chi connectivity index (χ2v) is 9.10. The van der Waals surface area contributed by atoms with E-state index >= 15 is 0 Å². The Bertz CT molecular complexity index is 1310. The fourth-order valence-electron chi connectivity index (χ4n) is 4.76. The maximum absolute atomic E-state index is 6.11. The number of likely N-dealkylation sites (tertiary alicyclic amines) is 1. The summed E-state index contributed by atoms with van der Waals surface area (Å²) in [7, 11) is 4.27. The number of piperidine rings is 1. The lowest BCUT2D eigenvalue weighted by molar-refractivity contribution is 0.226. The molecule has 170 valence electrons. The maximum Gasteiger partial charge on any atom is 0.222 e. The molecule has 0 saturated carbocycles. The highest BCUT2D eigenvalue weighted by Gasteiger charge is 2.28. The van der Waals surface area contributed by atoms with Gasteiger partial charge in [-0.3, -0.25) is 4.98 Å². The van der Waals surface area contributed by atoms with E-state index in [1.807, 2.05) is 24.4 Å². The van der Waals surface area contributed by atoms with Crippen molar-refractivity contribution in [3.8, 4) is 17.1 Å². The van der Waals surface area contributed by atoms with E-state index in [2.05, 4.69) is 56.5 Å². The third-order valence-corrected chi connectivity index (χ3v) is 6.78. The number of para-hydroxylation sites is 1. The van der Waals surface area contributed by atoms with E-state index < -0.39 is 0 Å². The van der Waals surface area contributed by atoms with Gasteiger partial charge in [-0.25, -0.2) is 0 Å². The molecule has 0 bridgehead atoms. The van der Waals surface area contributed by atoms with Crippen LogP contribution in [0.5, 0.6) is 5.75 Å². The zero-order valence-corrected chi connectivity index (χ0v) is 19.0. The average Bonchev–Trinajstić information content (AvgIpc) is 3.27. The molecule has 0 spiro atoms. The van der Waals surface area contributed by atoms with Gasteiger partial charge in [-0.2, -0.15) is 4.52 Å². The number of nitrogens with zero attached hydrogens (tertiary/aromatic N) is 7. The second-order valence-electron chi connectivity index (χ2n) is 9.10. The molecular formula is C24H28N8O. The third kappa shape index (κ3) is 3.62. The Hall–Kier alpha value is -3.46. The quantitative estimate of drug-likeness (QED) is 0.514. The van der Waals surface area contributed by atoms with Crippen molar-refractivity contribution in [1.82, 2.24) is 29.7 Å². The van der Waals surface area contributed by atoms with Gasteiger partial charge in [-0.1, -0.05) is 18.2 Å². The average molecular weight is 445 g/mol. The molecule has 9 nitrogen and oxygen atoms in total. The first-order valence-electron chi connectivity index (χ1n) is 11.6. The summed E-state index contributed by atoms with van der Waals surface area (Å²) in [5.74, 6) is 2.84. The monoisotopic (exact) mass is 444 g/mol. The van der Waals surface area contributed by atoms with Gasteiger partial charge < -0.3 is 19.9 Å². The van der Waals surface area contributed by atoms with Gasteiger partial charge in [0.1, 0.15) is 12.3 Å². The van der Waals surface area contributed by atoms with Gasteiger partial charge in [0.2, 0.25) is 5.65 Å². The molecule has 0 unspecified atom stereocenters. The van der Waals surface area contributed by atoms with Gasteiger partial charge >= 0.3 is 0 Å². The summed E-state index contributed by atoms with van der Waals surface area (Å²) in [4.78, 5) is 9.18. The van der Waals surface area contributed by atoms with Gasteiger partial charge in [-0.05, 0) is 51.0 Å². The number of benzene rings is 1. The van der Waals surface area contributed by atoms with Crippen LogP contribution in [0.1, 0.15) is 12.8 Å². The summed E-state index contributed by atoms with van der Waals surface area (Å²) >= 11 is 0. The number of anilines is 2. The predicted octanol–water partition coefficient (Wildman–Crippen LogP) is 2.92. The standard InChI is InChI=1S/C24H28N8O/c1-30-9-7-16(8-10-30)14-26-22-20-21(33-12-11-31(20)2)24-28-27-23(32(24)29-22)18-13-17-5-3-4-6-19(17)25-15-18/h3-6,13,15-16H,7-12,14H2,1-2H3,(H,26,29). The van der Waals surface area contributed by atoms with Gasteiger partial charge in [0.25, 0.3) is 0 Å². The van der Waals surface area contributed by atoms with Crippen molar-refractivity contribution in [1.29, 1.82) is 0 Å². The zero-order chi connectivity index (χ0) is 22.4. The van der Waals surface area contributed by atoms with E-state index in [0.717, 1.165) is 59.9 Å². The minimum absolute atomic E-state index is 0.608. The molecule has 4 aromatic rings. The SMILES string of the molecule is CN1CCC(CNc2nn3c(-c4cnc5ccccc5c4)nnc3c3c2N(C)CCO3)CC1. The van der Waals surface area contributed by atoms with Crippen molar-refractivity contribution in [3.05, 3.63) is 36.5 Å². The molecule has 1 N–H and O–H groups in total. The van der Waals surface area contributed by atoms with Crippen molar-refractivity contribution >= 4 is 28.1 Å². The van der Waals surface area contributed by atoms with Crippen molar-refractivity contribution in [2.45, 2.75) is 12.8 Å². The fourth-order valence-corrected chi connectivity index (χ4v) is 4.76. The molecule has 2 aliphatic heterocycles. The largest absolute Gasteiger partial charge is 0.486 e. The van der Waals surface area contributed by atoms with Gasteiger partial charge in [0.05, 0.1) is 12.1 Å². The maximum atomic E-state index is 6.11. The van der Waals surface area contributed by atoms with Crippen LogP contribution >= 0.6 is 0 Å². The number of aromatic nitrogens is 5. The van der Waals surface area contributed by atoms with Crippen LogP contribution in [0.2, 0.25) is 0 Å². The number of hydrogen-bond acceptors (Lipinski definition) is 8. The van der Waals surface area contributed by atoms with E-state index in [0.29, 0.717) is 24.0 Å². The molecular weight excluding hydrogens is 416 g/mol. The molecule has 0 radical (unpaired) electrons. The molecule has 0 amide bonds. The Morgan fingerprint density at radius 2 is 1.94 bits per heavy atom. The molecule has 9 heteroatoms. The second kappa shape index (κ2) is 8.15. The Balaban J connectivity index is 1.42. The van der Waals surface area contributed by atoms with Gasteiger partial charge in [-0.15, -0.1) is 15.3 Å². The van der Waals surface area contributed by atoms with Crippen LogP contribution < -0.4 is 15.0 Å². The Morgan fingerprint density at radius 3 is 2.82 bits per heavy atom. The van der Waals surface area contributed by atoms with E-state index in [9.17, 15) is 0 Å². The van der Waals surface area contributed by atoms with E-state index in [1.54, 1.807) is 4.52 Å². The van der Waals surface area contributed by atoms with Crippen molar-refractivity contribution in [3.63, 3.8) is 0 Å². The van der Waals surface area contributed by atoms with Crippen LogP contribution in [0.15, 0.2) is 36.5 Å². The van der Waals surface area contributed by atoms with Gasteiger partial charge in [0, 0.05) is 30.7 Å². The molecule has 5 heterocycles. The number of ether oxygens (including phenoxy) is 1. The van der Waals surface area contributed by atoms with Crippen LogP contribution in [0.4, 0.5) is 11.5 Å². The number of pyridine rings is 1. The zero-order valence-electron chi connectivity index (χ0n) is 19.0. The minimum Gasteiger partial charge on any atom is -0.486 e. The summed E-state index contributed by atoms with van der Waals surface area (Å²) in [5, 5.41) is 18.6. The number of likely N-dealkylation sites (N-methyl/N-ethyl adjacent to an activating group) is 1. The van der Waals surface area contributed by atoms with Crippen molar-refractivity contribution in [2.75, 3.05) is 57.1 Å². The lowest BCUT2D eigenvalue weighted by Gasteiger charge is -2.31. The summed E-state index contributed by atoms with van der Waals surface area (Å²) < 4.78 is 7.90. The highest BCUT2D eigenvalue weighted by atomic mass is 16.5. The van der Waals surface area contributed by atoms with Crippen molar-refractivity contribution < 1.29 is 4.74 Å². The normalized spacial score (nSPS) is 17.3. The van der Waals surface area contributed by atoms with Crippen LogP contribution in [-0.2, 0) is 0 Å². The van der Waals surface area contributed by atoms with Crippen molar-refractivity contribution in [2.24, 2.45) is 5.92 Å². The van der Waals surface area contributed by atoms with Crippen LogP contribution in [0, 0.1) is 5.92 Å². The van der Waals surface area contributed by atoms with Crippen LogP contribution in [0.3, 0.4) is 0 Å². The van der Waals surface area contributed by atoms with E-state index in [4.69, 9.17) is 9.84 Å². The fraction of sp³-hybridized carbons (Fsp3) is 0.417. The molecule has 2 aliphatic rings.